The minimum Gasteiger partial charge on any atom is -0.223 e. The van der Waals surface area contributed by atoms with E-state index in [2.05, 4.69) is 36.4 Å². The maximum Gasteiger partial charge on any atom is 0.188 e. The molecule has 1 spiro atoms. The van der Waals surface area contributed by atoms with E-state index in [1.807, 2.05) is 48.5 Å². The molecule has 0 saturated heterocycles. The number of hydrogen-bond donors (Lipinski definition) is 0. The SMILES string of the molecule is O=S1(=O)C(c2ccccc2)=C[C@]12CC1c3ccccc3C2c2ccccc21. The van der Waals surface area contributed by atoms with Crippen LogP contribution in [0.2, 0.25) is 0 Å². The fourth-order valence-corrected chi connectivity index (χ4v) is 7.73. The second-order valence-corrected chi connectivity index (χ2v) is 9.99. The fraction of sp³-hybridized carbons (Fsp3) is 0.167. The van der Waals surface area contributed by atoms with E-state index in [0.717, 1.165) is 5.56 Å². The van der Waals surface area contributed by atoms with Gasteiger partial charge in [0.1, 0.15) is 4.75 Å². The molecule has 0 saturated carbocycles. The molecule has 1 heterocycles. The Morgan fingerprint density at radius 2 is 1.22 bits per heavy atom. The minimum absolute atomic E-state index is 0.118. The Labute approximate surface area is 159 Å². The lowest BCUT2D eigenvalue weighted by atomic mass is 9.58. The Kier molecular flexibility index (Phi) is 2.85. The van der Waals surface area contributed by atoms with Crippen molar-refractivity contribution in [1.29, 1.82) is 0 Å². The summed E-state index contributed by atoms with van der Waals surface area (Å²) >= 11 is 0. The van der Waals surface area contributed by atoms with Gasteiger partial charge in [0.05, 0.1) is 4.91 Å². The summed E-state index contributed by atoms with van der Waals surface area (Å²) in [6.07, 6.45) is 2.69. The number of rotatable bonds is 1. The first-order valence-electron chi connectivity index (χ1n) is 9.34. The molecule has 0 N–H and O–H groups in total. The van der Waals surface area contributed by atoms with Gasteiger partial charge in [0.25, 0.3) is 0 Å². The first-order chi connectivity index (χ1) is 13.1. The molecule has 132 valence electrons. The van der Waals surface area contributed by atoms with Crippen molar-refractivity contribution in [3.63, 3.8) is 0 Å². The van der Waals surface area contributed by atoms with Crippen molar-refractivity contribution in [2.45, 2.75) is 23.0 Å². The van der Waals surface area contributed by atoms with E-state index in [1.165, 1.54) is 22.3 Å². The predicted molar refractivity (Wildman–Crippen MR) is 107 cm³/mol. The molecular weight excluding hydrogens is 352 g/mol. The lowest BCUT2D eigenvalue weighted by Gasteiger charge is -2.55. The third-order valence-electron chi connectivity index (χ3n) is 6.60. The molecule has 27 heavy (non-hydrogen) atoms. The summed E-state index contributed by atoms with van der Waals surface area (Å²) < 4.78 is 26.5. The van der Waals surface area contributed by atoms with Crippen molar-refractivity contribution >= 4 is 14.7 Å². The molecule has 2 nitrogen and oxygen atoms in total. The summed E-state index contributed by atoms with van der Waals surface area (Å²) in [5, 5.41) is 0. The third-order valence-corrected chi connectivity index (χ3v) is 9.05. The average Bonchev–Trinajstić information content (AvgIpc) is 2.73. The van der Waals surface area contributed by atoms with Crippen LogP contribution in [0.1, 0.15) is 46.1 Å². The molecule has 0 radical (unpaired) electrons. The number of benzene rings is 3. The van der Waals surface area contributed by atoms with Crippen LogP contribution in [0.3, 0.4) is 0 Å². The number of sulfone groups is 1. The summed E-state index contributed by atoms with van der Waals surface area (Å²) in [6.45, 7) is 0. The maximum absolute atomic E-state index is 13.7. The zero-order chi connectivity index (χ0) is 18.2. The van der Waals surface area contributed by atoms with Crippen molar-refractivity contribution in [2.24, 2.45) is 0 Å². The van der Waals surface area contributed by atoms with Gasteiger partial charge in [-0.05, 0) is 40.3 Å². The molecule has 1 atom stereocenters. The highest BCUT2D eigenvalue weighted by molar-refractivity contribution is 8.03. The van der Waals surface area contributed by atoms with Gasteiger partial charge in [0, 0.05) is 11.8 Å². The van der Waals surface area contributed by atoms with Crippen LogP contribution in [-0.2, 0) is 9.84 Å². The smallest absolute Gasteiger partial charge is 0.188 e. The van der Waals surface area contributed by atoms with Crippen LogP contribution in [-0.4, -0.2) is 13.2 Å². The normalized spacial score (nSPS) is 28.8. The summed E-state index contributed by atoms with van der Waals surface area (Å²) in [5.41, 5.74) is 5.75. The lowest BCUT2D eigenvalue weighted by molar-refractivity contribution is 0.424. The van der Waals surface area contributed by atoms with Crippen molar-refractivity contribution < 1.29 is 8.42 Å². The lowest BCUT2D eigenvalue weighted by Crippen LogP contribution is -2.55. The Morgan fingerprint density at radius 1 is 0.704 bits per heavy atom. The van der Waals surface area contributed by atoms with Crippen LogP contribution in [0, 0.1) is 0 Å². The van der Waals surface area contributed by atoms with E-state index in [4.69, 9.17) is 0 Å². The molecule has 3 aromatic rings. The standard InChI is InChI=1S/C24H18O2S/c25-27(26)22(16-8-2-1-3-9-16)15-24(27)14-21-17-10-4-6-12-19(17)23(24)20-13-7-5-11-18(20)21/h1-13,15,21,23H,14H2/t21?,23?,24-/m0/s1. The Bertz CT molecular complexity index is 1180. The van der Waals surface area contributed by atoms with Gasteiger partial charge in [0.15, 0.2) is 9.84 Å². The van der Waals surface area contributed by atoms with E-state index in [-0.39, 0.29) is 11.8 Å². The molecule has 3 heteroatoms. The van der Waals surface area contributed by atoms with Gasteiger partial charge in [-0.1, -0.05) is 78.9 Å². The van der Waals surface area contributed by atoms with Crippen LogP contribution in [0.25, 0.3) is 4.91 Å². The summed E-state index contributed by atoms with van der Waals surface area (Å²) in [6, 6.07) is 26.3. The molecule has 7 rings (SSSR count). The van der Waals surface area contributed by atoms with Gasteiger partial charge in [-0.2, -0.15) is 0 Å². The second-order valence-electron chi connectivity index (χ2n) is 7.78. The molecule has 0 unspecified atom stereocenters. The van der Waals surface area contributed by atoms with Crippen LogP contribution < -0.4 is 0 Å². The predicted octanol–water partition coefficient (Wildman–Crippen LogP) is 4.88. The van der Waals surface area contributed by atoms with E-state index >= 15 is 0 Å². The molecule has 1 aliphatic heterocycles. The van der Waals surface area contributed by atoms with E-state index in [0.29, 0.717) is 11.3 Å². The van der Waals surface area contributed by atoms with Crippen LogP contribution in [0.5, 0.6) is 0 Å². The largest absolute Gasteiger partial charge is 0.223 e. The van der Waals surface area contributed by atoms with Crippen molar-refractivity contribution in [1.82, 2.24) is 0 Å². The molecule has 3 aliphatic carbocycles. The molecular formula is C24H18O2S. The third kappa shape index (κ3) is 1.73. The van der Waals surface area contributed by atoms with E-state index < -0.39 is 14.6 Å². The van der Waals surface area contributed by atoms with Gasteiger partial charge < -0.3 is 0 Å². The van der Waals surface area contributed by atoms with Crippen molar-refractivity contribution in [3.05, 3.63) is 113 Å². The highest BCUT2D eigenvalue weighted by Gasteiger charge is 2.64. The summed E-state index contributed by atoms with van der Waals surface area (Å²) in [7, 11) is -3.39. The molecule has 0 fully saturated rings. The van der Waals surface area contributed by atoms with Crippen molar-refractivity contribution in [3.8, 4) is 0 Å². The topological polar surface area (TPSA) is 34.1 Å². The van der Waals surface area contributed by atoms with Gasteiger partial charge in [-0.3, -0.25) is 0 Å². The van der Waals surface area contributed by atoms with Gasteiger partial charge >= 0.3 is 0 Å². The maximum atomic E-state index is 13.7. The van der Waals surface area contributed by atoms with E-state index in [1.54, 1.807) is 0 Å². The highest BCUT2D eigenvalue weighted by atomic mass is 32.2. The Morgan fingerprint density at radius 3 is 1.78 bits per heavy atom. The van der Waals surface area contributed by atoms with Gasteiger partial charge in [0.2, 0.25) is 0 Å². The van der Waals surface area contributed by atoms with Crippen LogP contribution in [0.4, 0.5) is 0 Å². The molecule has 0 amide bonds. The zero-order valence-corrected chi connectivity index (χ0v) is 15.5. The average molecular weight is 370 g/mol. The minimum atomic E-state index is -3.39. The first kappa shape index (κ1) is 15.4. The monoisotopic (exact) mass is 370 g/mol. The van der Waals surface area contributed by atoms with Crippen molar-refractivity contribution in [2.75, 3.05) is 0 Å². The van der Waals surface area contributed by atoms with E-state index in [9.17, 15) is 8.42 Å². The van der Waals surface area contributed by atoms with Gasteiger partial charge in [-0.25, -0.2) is 8.42 Å². The molecule has 2 bridgehead atoms. The fourth-order valence-electron chi connectivity index (χ4n) is 5.47. The molecule has 3 aromatic carbocycles. The first-order valence-corrected chi connectivity index (χ1v) is 10.8. The highest BCUT2D eigenvalue weighted by Crippen LogP contribution is 2.65. The zero-order valence-electron chi connectivity index (χ0n) is 14.7. The Hall–Kier alpha value is -2.65. The quantitative estimate of drug-likeness (QED) is 0.612. The second kappa shape index (κ2) is 4.99. The summed E-state index contributed by atoms with van der Waals surface area (Å²) in [5.74, 6) is 0.0260. The van der Waals surface area contributed by atoms with Crippen LogP contribution >= 0.6 is 0 Å². The summed E-state index contributed by atoms with van der Waals surface area (Å²) in [4.78, 5) is 0.491. The molecule has 0 aromatic heterocycles. The molecule has 4 aliphatic rings. The number of hydrogen-bond acceptors (Lipinski definition) is 2. The Balaban J connectivity index is 1.63. The van der Waals surface area contributed by atoms with Gasteiger partial charge in [-0.15, -0.1) is 0 Å². The van der Waals surface area contributed by atoms with Crippen LogP contribution in [0.15, 0.2) is 84.9 Å².